The van der Waals surface area contributed by atoms with Gasteiger partial charge < -0.3 is 15.5 Å². The van der Waals surface area contributed by atoms with Gasteiger partial charge >= 0.3 is 0 Å². The highest BCUT2D eigenvalue weighted by atomic mass is 16.4. The average Bonchev–Trinajstić information content (AvgIpc) is 2.77. The van der Waals surface area contributed by atoms with Crippen molar-refractivity contribution >= 4 is 11.6 Å². The van der Waals surface area contributed by atoms with Gasteiger partial charge in [0.1, 0.15) is 5.76 Å². The molecule has 22 heavy (non-hydrogen) atoms. The number of benzene rings is 1. The molecule has 0 saturated carbocycles. The van der Waals surface area contributed by atoms with E-state index in [4.69, 9.17) is 10.2 Å². The lowest BCUT2D eigenvalue weighted by molar-refractivity contribution is -0.119. The Hall–Kier alpha value is -2.14. The Morgan fingerprint density at radius 1 is 1.32 bits per heavy atom. The van der Waals surface area contributed by atoms with Gasteiger partial charge in [0, 0.05) is 11.3 Å². The number of hydrogen-bond acceptors (Lipinski definition) is 4. The molecule has 3 N–H and O–H groups in total. The van der Waals surface area contributed by atoms with E-state index in [1.807, 2.05) is 58.9 Å². The van der Waals surface area contributed by atoms with Crippen LogP contribution in [0.2, 0.25) is 0 Å². The molecule has 1 atom stereocenters. The van der Waals surface area contributed by atoms with Crippen LogP contribution in [0.15, 0.2) is 28.7 Å². The van der Waals surface area contributed by atoms with Gasteiger partial charge in [-0.1, -0.05) is 26.8 Å². The summed E-state index contributed by atoms with van der Waals surface area (Å²) in [5, 5.41) is 2.85. The average molecular weight is 301 g/mol. The molecule has 0 saturated heterocycles. The fraction of sp³-hybridized carbons (Fsp3) is 0.412. The summed E-state index contributed by atoms with van der Waals surface area (Å²) in [4.78, 5) is 16.6. The van der Waals surface area contributed by atoms with Gasteiger partial charge in [-0.3, -0.25) is 4.79 Å². The van der Waals surface area contributed by atoms with E-state index in [0.29, 0.717) is 11.6 Å². The summed E-state index contributed by atoms with van der Waals surface area (Å²) in [7, 11) is 0. The Kier molecular flexibility index (Phi) is 4.37. The molecule has 2 aromatic rings. The molecule has 0 aliphatic carbocycles. The Balaban J connectivity index is 2.20. The van der Waals surface area contributed by atoms with Crippen LogP contribution in [0.4, 0.5) is 5.69 Å². The molecule has 5 nitrogen and oxygen atoms in total. The number of aromatic nitrogens is 1. The largest absolute Gasteiger partial charge is 0.441 e. The maximum Gasteiger partial charge on any atom is 0.241 e. The summed E-state index contributed by atoms with van der Waals surface area (Å²) in [5.41, 5.74) is 8.03. The molecule has 0 spiro atoms. The zero-order chi connectivity index (χ0) is 16.5. The van der Waals surface area contributed by atoms with E-state index >= 15 is 0 Å². The highest BCUT2D eigenvalue weighted by molar-refractivity contribution is 5.95. The predicted octanol–water partition coefficient (Wildman–Crippen LogP) is 3.27. The fourth-order valence-electron chi connectivity index (χ4n) is 1.94. The molecular formula is C17H23N3O2. The standard InChI is InChI=1S/C17H23N3O2/c1-10-11(2)22-16(19-10)12-7-6-8-13(9-12)20-15(21)14(18)17(3,4)5/h6-9,14H,18H2,1-5H3,(H,20,21)/t14-/m1/s1. The first-order valence-electron chi connectivity index (χ1n) is 7.29. The second-order valence-corrected chi connectivity index (χ2v) is 6.57. The van der Waals surface area contributed by atoms with Crippen molar-refractivity contribution in [1.82, 2.24) is 4.98 Å². The molecule has 5 heteroatoms. The van der Waals surface area contributed by atoms with Crippen molar-refractivity contribution in [2.24, 2.45) is 11.1 Å². The molecule has 0 aliphatic rings. The predicted molar refractivity (Wildman–Crippen MR) is 87.5 cm³/mol. The lowest BCUT2D eigenvalue weighted by Crippen LogP contribution is -2.45. The molecular weight excluding hydrogens is 278 g/mol. The summed E-state index contributed by atoms with van der Waals surface area (Å²) in [5.74, 6) is 1.13. The maximum atomic E-state index is 12.2. The van der Waals surface area contributed by atoms with Crippen LogP contribution in [-0.2, 0) is 4.79 Å². The lowest BCUT2D eigenvalue weighted by atomic mass is 9.87. The molecule has 0 aliphatic heterocycles. The third-order valence-corrected chi connectivity index (χ3v) is 3.62. The Labute approximate surface area is 130 Å². The minimum atomic E-state index is -0.581. The summed E-state index contributed by atoms with van der Waals surface area (Å²) < 4.78 is 5.61. The number of carbonyl (C=O) groups excluding carboxylic acids is 1. The number of rotatable bonds is 3. The van der Waals surface area contributed by atoms with E-state index in [-0.39, 0.29) is 11.3 Å². The number of amides is 1. The highest BCUT2D eigenvalue weighted by Crippen LogP contribution is 2.25. The number of nitrogens with zero attached hydrogens (tertiary/aromatic N) is 1. The summed E-state index contributed by atoms with van der Waals surface area (Å²) >= 11 is 0. The van der Waals surface area contributed by atoms with Gasteiger partial charge in [0.05, 0.1) is 11.7 Å². The van der Waals surface area contributed by atoms with E-state index in [2.05, 4.69) is 10.3 Å². The molecule has 0 fully saturated rings. The third-order valence-electron chi connectivity index (χ3n) is 3.62. The first-order valence-corrected chi connectivity index (χ1v) is 7.29. The number of nitrogens with two attached hydrogens (primary N) is 1. The van der Waals surface area contributed by atoms with Gasteiger partial charge in [-0.25, -0.2) is 4.98 Å². The van der Waals surface area contributed by atoms with Crippen LogP contribution in [0.25, 0.3) is 11.5 Å². The zero-order valence-corrected chi connectivity index (χ0v) is 13.7. The molecule has 0 unspecified atom stereocenters. The van der Waals surface area contributed by atoms with Crippen molar-refractivity contribution in [3.05, 3.63) is 35.7 Å². The van der Waals surface area contributed by atoms with Gasteiger partial charge in [-0.05, 0) is 37.5 Å². The molecule has 2 rings (SSSR count). The second-order valence-electron chi connectivity index (χ2n) is 6.57. The van der Waals surface area contributed by atoms with Crippen molar-refractivity contribution in [2.75, 3.05) is 5.32 Å². The van der Waals surface area contributed by atoms with Gasteiger partial charge in [0.25, 0.3) is 0 Å². The Bertz CT molecular complexity index is 664. The number of aryl methyl sites for hydroxylation is 2. The van der Waals surface area contributed by atoms with Crippen molar-refractivity contribution in [3.63, 3.8) is 0 Å². The minimum absolute atomic E-state index is 0.204. The van der Waals surface area contributed by atoms with Crippen LogP contribution in [-0.4, -0.2) is 16.9 Å². The monoisotopic (exact) mass is 301 g/mol. The number of nitrogens with one attached hydrogen (secondary N) is 1. The lowest BCUT2D eigenvalue weighted by Gasteiger charge is -2.25. The molecule has 0 radical (unpaired) electrons. The summed E-state index contributed by atoms with van der Waals surface area (Å²) in [6.45, 7) is 9.58. The number of carbonyl (C=O) groups is 1. The van der Waals surface area contributed by atoms with Crippen molar-refractivity contribution < 1.29 is 9.21 Å². The van der Waals surface area contributed by atoms with E-state index < -0.39 is 6.04 Å². The maximum absolute atomic E-state index is 12.2. The number of oxazole rings is 1. The van der Waals surface area contributed by atoms with Crippen LogP contribution >= 0.6 is 0 Å². The first kappa shape index (κ1) is 16.2. The van der Waals surface area contributed by atoms with Gasteiger partial charge in [-0.15, -0.1) is 0 Å². The smallest absolute Gasteiger partial charge is 0.241 e. The van der Waals surface area contributed by atoms with Crippen molar-refractivity contribution in [3.8, 4) is 11.5 Å². The molecule has 118 valence electrons. The Morgan fingerprint density at radius 2 is 2.00 bits per heavy atom. The molecule has 1 aromatic heterocycles. The zero-order valence-electron chi connectivity index (χ0n) is 13.7. The summed E-state index contributed by atoms with van der Waals surface area (Å²) in [6.07, 6.45) is 0. The molecule has 1 heterocycles. The topological polar surface area (TPSA) is 81.2 Å². The van der Waals surface area contributed by atoms with E-state index in [1.54, 1.807) is 0 Å². The minimum Gasteiger partial charge on any atom is -0.441 e. The number of hydrogen-bond donors (Lipinski definition) is 2. The quantitative estimate of drug-likeness (QED) is 0.911. The van der Waals surface area contributed by atoms with Crippen LogP contribution < -0.4 is 11.1 Å². The van der Waals surface area contributed by atoms with E-state index in [1.165, 1.54) is 0 Å². The van der Waals surface area contributed by atoms with Gasteiger partial charge in [0.2, 0.25) is 11.8 Å². The SMILES string of the molecule is Cc1nc(-c2cccc(NC(=O)[C@@H](N)C(C)(C)C)c2)oc1C. The van der Waals surface area contributed by atoms with Gasteiger partial charge in [-0.2, -0.15) is 0 Å². The second kappa shape index (κ2) is 5.93. The van der Waals surface area contributed by atoms with E-state index in [0.717, 1.165) is 17.0 Å². The van der Waals surface area contributed by atoms with Crippen molar-refractivity contribution in [2.45, 2.75) is 40.7 Å². The van der Waals surface area contributed by atoms with Crippen LogP contribution in [0.1, 0.15) is 32.2 Å². The highest BCUT2D eigenvalue weighted by Gasteiger charge is 2.27. The van der Waals surface area contributed by atoms with E-state index in [9.17, 15) is 4.79 Å². The van der Waals surface area contributed by atoms with Gasteiger partial charge in [0.15, 0.2) is 0 Å². The number of anilines is 1. The molecule has 1 aromatic carbocycles. The van der Waals surface area contributed by atoms with Crippen molar-refractivity contribution in [1.29, 1.82) is 0 Å². The van der Waals surface area contributed by atoms with Crippen LogP contribution in [0.5, 0.6) is 0 Å². The molecule has 0 bridgehead atoms. The first-order chi connectivity index (χ1) is 10.2. The Morgan fingerprint density at radius 3 is 2.55 bits per heavy atom. The summed E-state index contributed by atoms with van der Waals surface area (Å²) in [6, 6.07) is 6.81. The molecule has 1 amide bonds. The van der Waals surface area contributed by atoms with Crippen LogP contribution in [0.3, 0.4) is 0 Å². The van der Waals surface area contributed by atoms with Crippen LogP contribution in [0, 0.1) is 19.3 Å². The third kappa shape index (κ3) is 3.54. The normalized spacial score (nSPS) is 13.0. The fourth-order valence-corrected chi connectivity index (χ4v) is 1.94.